The van der Waals surface area contributed by atoms with Gasteiger partial charge in [0.1, 0.15) is 10.8 Å². The lowest BCUT2D eigenvalue weighted by Gasteiger charge is -2.03. The van der Waals surface area contributed by atoms with E-state index in [1.807, 2.05) is 29.6 Å². The van der Waals surface area contributed by atoms with Gasteiger partial charge in [0.15, 0.2) is 0 Å². The maximum Gasteiger partial charge on any atom is 0.123 e. The van der Waals surface area contributed by atoms with Crippen molar-refractivity contribution in [1.82, 2.24) is 4.98 Å². The molecule has 0 saturated carbocycles. The Morgan fingerprint density at radius 3 is 2.71 bits per heavy atom. The minimum atomic E-state index is -0.404. The number of aliphatic hydroxyl groups is 1. The summed E-state index contributed by atoms with van der Waals surface area (Å²) in [4.78, 5) is 4.40. The Bertz CT molecular complexity index is 482. The molecular formula is C12H14N2O2S. The second-order valence-electron chi connectivity index (χ2n) is 3.60. The van der Waals surface area contributed by atoms with Gasteiger partial charge in [0.25, 0.3) is 0 Å². The molecule has 1 atom stereocenters. The van der Waals surface area contributed by atoms with E-state index in [2.05, 4.69) is 4.98 Å². The van der Waals surface area contributed by atoms with Gasteiger partial charge in [0, 0.05) is 10.9 Å². The van der Waals surface area contributed by atoms with Crippen LogP contribution in [-0.2, 0) is 0 Å². The summed E-state index contributed by atoms with van der Waals surface area (Å²) in [6.07, 6.45) is 0. The molecule has 0 amide bonds. The molecule has 2 aromatic rings. The highest BCUT2D eigenvalue weighted by molar-refractivity contribution is 7.13. The van der Waals surface area contributed by atoms with Crippen LogP contribution in [0.15, 0.2) is 29.6 Å². The van der Waals surface area contributed by atoms with Crippen molar-refractivity contribution in [3.63, 3.8) is 0 Å². The molecule has 4 nitrogen and oxygen atoms in total. The first-order valence-electron chi connectivity index (χ1n) is 5.21. The molecule has 17 heavy (non-hydrogen) atoms. The number of nitrogens with zero attached hydrogens (tertiary/aromatic N) is 1. The third-order valence-electron chi connectivity index (χ3n) is 2.44. The number of hydrogen-bond acceptors (Lipinski definition) is 5. The molecule has 1 aromatic heterocycles. The summed E-state index contributed by atoms with van der Waals surface area (Å²) in [5, 5.41) is 11.7. The summed E-state index contributed by atoms with van der Waals surface area (Å²) in [6, 6.07) is 7.28. The van der Waals surface area contributed by atoms with E-state index in [0.29, 0.717) is 0 Å². The maximum absolute atomic E-state index is 8.96. The van der Waals surface area contributed by atoms with Crippen molar-refractivity contribution in [2.75, 3.05) is 13.7 Å². The van der Waals surface area contributed by atoms with Crippen molar-refractivity contribution < 1.29 is 9.84 Å². The minimum Gasteiger partial charge on any atom is -0.497 e. The van der Waals surface area contributed by atoms with E-state index < -0.39 is 6.04 Å². The smallest absolute Gasteiger partial charge is 0.123 e. The monoisotopic (exact) mass is 250 g/mol. The average Bonchev–Trinajstić information content (AvgIpc) is 2.87. The number of nitrogens with two attached hydrogens (primary N) is 1. The van der Waals surface area contributed by atoms with Crippen LogP contribution in [0.3, 0.4) is 0 Å². The van der Waals surface area contributed by atoms with Gasteiger partial charge >= 0.3 is 0 Å². The molecule has 0 spiro atoms. The van der Waals surface area contributed by atoms with Crippen LogP contribution in [0.25, 0.3) is 10.6 Å². The van der Waals surface area contributed by atoms with E-state index >= 15 is 0 Å². The Morgan fingerprint density at radius 2 is 2.12 bits per heavy atom. The molecule has 1 aromatic carbocycles. The van der Waals surface area contributed by atoms with E-state index in [1.165, 1.54) is 11.3 Å². The fourth-order valence-corrected chi connectivity index (χ4v) is 2.31. The van der Waals surface area contributed by atoms with Crippen LogP contribution in [0, 0.1) is 0 Å². The van der Waals surface area contributed by atoms with Crippen molar-refractivity contribution in [2.24, 2.45) is 5.73 Å². The van der Waals surface area contributed by atoms with Crippen LogP contribution in [0.5, 0.6) is 5.75 Å². The van der Waals surface area contributed by atoms with Gasteiger partial charge in [-0.3, -0.25) is 0 Å². The second kappa shape index (κ2) is 5.27. The van der Waals surface area contributed by atoms with Gasteiger partial charge in [-0.2, -0.15) is 0 Å². The van der Waals surface area contributed by atoms with Crippen LogP contribution in [0.1, 0.15) is 11.7 Å². The Kier molecular flexibility index (Phi) is 3.73. The summed E-state index contributed by atoms with van der Waals surface area (Å²) in [5.41, 5.74) is 7.45. The van der Waals surface area contributed by atoms with Crippen LogP contribution >= 0.6 is 11.3 Å². The Hall–Kier alpha value is -1.43. The molecule has 0 fully saturated rings. The maximum atomic E-state index is 8.96. The van der Waals surface area contributed by atoms with Crippen molar-refractivity contribution in [2.45, 2.75) is 6.04 Å². The number of ether oxygens (including phenoxy) is 1. The van der Waals surface area contributed by atoms with Crippen LogP contribution in [-0.4, -0.2) is 23.8 Å². The third-order valence-corrected chi connectivity index (χ3v) is 3.35. The molecule has 0 aliphatic rings. The second-order valence-corrected chi connectivity index (χ2v) is 4.45. The van der Waals surface area contributed by atoms with E-state index in [1.54, 1.807) is 7.11 Å². The lowest BCUT2D eigenvalue weighted by Crippen LogP contribution is -2.14. The molecular weight excluding hydrogens is 236 g/mol. The van der Waals surface area contributed by atoms with Gasteiger partial charge in [-0.25, -0.2) is 4.98 Å². The van der Waals surface area contributed by atoms with Gasteiger partial charge in [-0.05, 0) is 24.3 Å². The summed E-state index contributed by atoms with van der Waals surface area (Å²) in [7, 11) is 1.64. The van der Waals surface area contributed by atoms with Crippen molar-refractivity contribution in [3.8, 4) is 16.3 Å². The highest BCUT2D eigenvalue weighted by atomic mass is 32.1. The van der Waals surface area contributed by atoms with Crippen LogP contribution < -0.4 is 10.5 Å². The van der Waals surface area contributed by atoms with Crippen LogP contribution in [0.4, 0.5) is 0 Å². The van der Waals surface area contributed by atoms with Crippen molar-refractivity contribution in [1.29, 1.82) is 0 Å². The molecule has 0 radical (unpaired) electrons. The van der Waals surface area contributed by atoms with E-state index in [9.17, 15) is 0 Å². The number of rotatable bonds is 4. The molecule has 5 heteroatoms. The van der Waals surface area contributed by atoms with E-state index in [0.717, 1.165) is 22.0 Å². The first-order chi connectivity index (χ1) is 8.24. The molecule has 1 unspecified atom stereocenters. The highest BCUT2D eigenvalue weighted by Gasteiger charge is 2.10. The lowest BCUT2D eigenvalue weighted by atomic mass is 10.2. The first-order valence-corrected chi connectivity index (χ1v) is 6.09. The molecule has 0 bridgehead atoms. The normalized spacial score (nSPS) is 12.4. The largest absolute Gasteiger partial charge is 0.497 e. The quantitative estimate of drug-likeness (QED) is 0.868. The number of thiazole rings is 1. The molecule has 90 valence electrons. The third kappa shape index (κ3) is 2.63. The van der Waals surface area contributed by atoms with Gasteiger partial charge in [-0.15, -0.1) is 11.3 Å². The predicted molar refractivity (Wildman–Crippen MR) is 68.1 cm³/mol. The molecule has 0 aliphatic carbocycles. The summed E-state index contributed by atoms with van der Waals surface area (Å²) in [5.74, 6) is 0.817. The highest BCUT2D eigenvalue weighted by Crippen LogP contribution is 2.27. The lowest BCUT2D eigenvalue weighted by molar-refractivity contribution is 0.266. The summed E-state index contributed by atoms with van der Waals surface area (Å²) < 4.78 is 5.10. The SMILES string of the molecule is COc1ccc(-c2nc(C(N)CO)cs2)cc1. The number of benzene rings is 1. The van der Waals surface area contributed by atoms with Gasteiger partial charge in [0.2, 0.25) is 0 Å². The number of hydrogen-bond donors (Lipinski definition) is 2. The van der Waals surface area contributed by atoms with E-state index in [-0.39, 0.29) is 6.61 Å². The summed E-state index contributed by atoms with van der Waals surface area (Å²) in [6.45, 7) is -0.0915. The molecule has 2 rings (SSSR count). The van der Waals surface area contributed by atoms with Crippen molar-refractivity contribution >= 4 is 11.3 Å². The zero-order valence-corrected chi connectivity index (χ0v) is 10.3. The van der Waals surface area contributed by atoms with E-state index in [4.69, 9.17) is 15.6 Å². The fourth-order valence-electron chi connectivity index (χ4n) is 1.42. The number of aliphatic hydroxyl groups excluding tert-OH is 1. The number of methoxy groups -OCH3 is 1. The zero-order chi connectivity index (χ0) is 12.3. The first kappa shape index (κ1) is 12.0. The van der Waals surface area contributed by atoms with Crippen LogP contribution in [0.2, 0.25) is 0 Å². The summed E-state index contributed by atoms with van der Waals surface area (Å²) >= 11 is 1.52. The zero-order valence-electron chi connectivity index (χ0n) is 9.46. The Balaban J connectivity index is 2.24. The number of aromatic nitrogens is 1. The minimum absolute atomic E-state index is 0.0915. The van der Waals surface area contributed by atoms with Gasteiger partial charge < -0.3 is 15.6 Å². The van der Waals surface area contributed by atoms with Crippen molar-refractivity contribution in [3.05, 3.63) is 35.3 Å². The average molecular weight is 250 g/mol. The van der Waals surface area contributed by atoms with Gasteiger partial charge in [-0.1, -0.05) is 0 Å². The molecule has 1 heterocycles. The predicted octanol–water partition coefficient (Wildman–Crippen LogP) is 1.81. The Labute approximate surface area is 104 Å². The Morgan fingerprint density at radius 1 is 1.41 bits per heavy atom. The van der Waals surface area contributed by atoms with Gasteiger partial charge in [0.05, 0.1) is 25.5 Å². The standard InChI is InChI=1S/C12H14N2O2S/c1-16-9-4-2-8(3-5-9)12-14-11(7-17-12)10(13)6-15/h2-5,7,10,15H,6,13H2,1H3. The molecule has 3 N–H and O–H groups in total. The molecule has 0 saturated heterocycles. The fraction of sp³-hybridized carbons (Fsp3) is 0.250. The molecule has 0 aliphatic heterocycles. The topological polar surface area (TPSA) is 68.4 Å².